The predicted octanol–water partition coefficient (Wildman–Crippen LogP) is 2.96. The van der Waals surface area contributed by atoms with Gasteiger partial charge in [0.25, 0.3) is 0 Å². The number of rotatable bonds is 5. The topological polar surface area (TPSA) is 32.3 Å². The van der Waals surface area contributed by atoms with Gasteiger partial charge in [0.05, 0.1) is 6.10 Å². The second kappa shape index (κ2) is 6.18. The van der Waals surface area contributed by atoms with Crippen molar-refractivity contribution < 1.29 is 5.11 Å². The second-order valence-electron chi connectivity index (χ2n) is 5.99. The molecule has 0 aliphatic heterocycles. The Morgan fingerprint density at radius 1 is 1.18 bits per heavy atom. The van der Waals surface area contributed by atoms with Crippen LogP contribution >= 0.6 is 0 Å². The van der Waals surface area contributed by atoms with E-state index in [2.05, 4.69) is 38.2 Å². The van der Waals surface area contributed by atoms with E-state index < -0.39 is 0 Å². The minimum Gasteiger partial charge on any atom is -0.391 e. The summed E-state index contributed by atoms with van der Waals surface area (Å²) in [6, 6.07) is 10.4. The van der Waals surface area contributed by atoms with Gasteiger partial charge < -0.3 is 10.4 Å². The first-order valence-electron chi connectivity index (χ1n) is 6.34. The van der Waals surface area contributed by atoms with E-state index in [4.69, 9.17) is 0 Å². The Morgan fingerprint density at radius 3 is 2.29 bits per heavy atom. The van der Waals surface area contributed by atoms with Gasteiger partial charge in [-0.2, -0.15) is 0 Å². The molecule has 0 spiro atoms. The van der Waals surface area contributed by atoms with Crippen LogP contribution in [0.3, 0.4) is 0 Å². The summed E-state index contributed by atoms with van der Waals surface area (Å²) < 4.78 is 0. The Labute approximate surface area is 105 Å². The van der Waals surface area contributed by atoms with E-state index in [0.29, 0.717) is 0 Å². The summed E-state index contributed by atoms with van der Waals surface area (Å²) in [6.45, 7) is 9.31. The molecule has 2 heteroatoms. The SMILES string of the molecule is C[C@H](NCc1ccccc1)C(O)CC(C)(C)C. The number of aliphatic hydroxyl groups excluding tert-OH is 1. The van der Waals surface area contributed by atoms with Crippen molar-refractivity contribution in [2.75, 3.05) is 0 Å². The molecule has 0 aliphatic carbocycles. The van der Waals surface area contributed by atoms with Crippen LogP contribution in [0.5, 0.6) is 0 Å². The highest BCUT2D eigenvalue weighted by molar-refractivity contribution is 5.14. The Kier molecular flexibility index (Phi) is 5.16. The highest BCUT2D eigenvalue weighted by atomic mass is 16.3. The molecule has 0 radical (unpaired) electrons. The lowest BCUT2D eigenvalue weighted by Gasteiger charge is -2.27. The summed E-state index contributed by atoms with van der Waals surface area (Å²) in [5.74, 6) is 0. The lowest BCUT2D eigenvalue weighted by molar-refractivity contribution is 0.0886. The van der Waals surface area contributed by atoms with Crippen molar-refractivity contribution in [3.05, 3.63) is 35.9 Å². The van der Waals surface area contributed by atoms with Crippen molar-refractivity contribution in [1.29, 1.82) is 0 Å². The van der Waals surface area contributed by atoms with Crippen LogP contribution in [0.4, 0.5) is 0 Å². The molecule has 0 amide bonds. The summed E-state index contributed by atoms with van der Waals surface area (Å²) in [7, 11) is 0. The van der Waals surface area contributed by atoms with Gasteiger partial charge >= 0.3 is 0 Å². The van der Waals surface area contributed by atoms with Gasteiger partial charge in [0.1, 0.15) is 0 Å². The first-order valence-corrected chi connectivity index (χ1v) is 6.34. The van der Waals surface area contributed by atoms with Crippen LogP contribution < -0.4 is 5.32 Å². The molecule has 1 unspecified atom stereocenters. The van der Waals surface area contributed by atoms with E-state index in [1.54, 1.807) is 0 Å². The van der Waals surface area contributed by atoms with Crippen LogP contribution in [0.15, 0.2) is 30.3 Å². The number of hydrogen-bond acceptors (Lipinski definition) is 2. The standard InChI is InChI=1S/C15H25NO/c1-12(14(17)10-15(2,3)4)16-11-13-8-6-5-7-9-13/h5-9,12,14,16-17H,10-11H2,1-4H3/t12-,14?/m0/s1. The van der Waals surface area contributed by atoms with Crippen molar-refractivity contribution >= 4 is 0 Å². The Bertz CT molecular complexity index is 315. The van der Waals surface area contributed by atoms with E-state index in [0.717, 1.165) is 13.0 Å². The maximum absolute atomic E-state index is 10.1. The minimum atomic E-state index is -0.293. The zero-order valence-electron chi connectivity index (χ0n) is 11.4. The molecular formula is C15H25NO. The highest BCUT2D eigenvalue weighted by Gasteiger charge is 2.21. The van der Waals surface area contributed by atoms with Crippen LogP contribution in [0.1, 0.15) is 39.7 Å². The first-order chi connectivity index (χ1) is 7.88. The normalized spacial score (nSPS) is 15.6. The van der Waals surface area contributed by atoms with Gasteiger partial charge in [-0.1, -0.05) is 51.1 Å². The van der Waals surface area contributed by atoms with Gasteiger partial charge in [0.15, 0.2) is 0 Å². The minimum absolute atomic E-state index is 0.120. The molecule has 2 nitrogen and oxygen atoms in total. The van der Waals surface area contributed by atoms with Crippen LogP contribution in [0, 0.1) is 5.41 Å². The maximum atomic E-state index is 10.1. The molecule has 0 fully saturated rings. The molecule has 0 saturated heterocycles. The van der Waals surface area contributed by atoms with Gasteiger partial charge in [-0.3, -0.25) is 0 Å². The van der Waals surface area contributed by atoms with Crippen LogP contribution in [0.2, 0.25) is 0 Å². The van der Waals surface area contributed by atoms with E-state index in [1.165, 1.54) is 5.56 Å². The monoisotopic (exact) mass is 235 g/mol. The maximum Gasteiger partial charge on any atom is 0.0695 e. The molecule has 0 saturated carbocycles. The van der Waals surface area contributed by atoms with Gasteiger partial charge in [0.2, 0.25) is 0 Å². The quantitative estimate of drug-likeness (QED) is 0.822. The first kappa shape index (κ1) is 14.2. The molecule has 1 aromatic carbocycles. The molecule has 1 rings (SSSR count). The summed E-state index contributed by atoms with van der Waals surface area (Å²) in [5, 5.41) is 13.4. The summed E-state index contributed by atoms with van der Waals surface area (Å²) >= 11 is 0. The molecule has 0 bridgehead atoms. The Morgan fingerprint density at radius 2 is 1.76 bits per heavy atom. The number of nitrogens with one attached hydrogen (secondary N) is 1. The third-order valence-corrected chi connectivity index (χ3v) is 2.87. The zero-order chi connectivity index (χ0) is 12.9. The van der Waals surface area contributed by atoms with Gasteiger partial charge in [-0.25, -0.2) is 0 Å². The zero-order valence-corrected chi connectivity index (χ0v) is 11.4. The average Bonchev–Trinajstić information content (AvgIpc) is 2.25. The lowest BCUT2D eigenvalue weighted by Crippen LogP contribution is -2.38. The predicted molar refractivity (Wildman–Crippen MR) is 72.8 cm³/mol. The molecule has 96 valence electrons. The molecule has 2 atom stereocenters. The summed E-state index contributed by atoms with van der Waals surface area (Å²) in [4.78, 5) is 0. The smallest absolute Gasteiger partial charge is 0.0695 e. The van der Waals surface area contributed by atoms with E-state index in [1.807, 2.05) is 25.1 Å². The van der Waals surface area contributed by atoms with Crippen molar-refractivity contribution in [3.63, 3.8) is 0 Å². The molecule has 0 aromatic heterocycles. The molecule has 17 heavy (non-hydrogen) atoms. The fourth-order valence-electron chi connectivity index (χ4n) is 1.81. The fraction of sp³-hybridized carbons (Fsp3) is 0.600. The van der Waals surface area contributed by atoms with Crippen LogP contribution in [0.25, 0.3) is 0 Å². The van der Waals surface area contributed by atoms with Gasteiger partial charge in [-0.05, 0) is 24.3 Å². The van der Waals surface area contributed by atoms with Crippen molar-refractivity contribution in [2.24, 2.45) is 5.41 Å². The molecule has 1 aromatic rings. The third kappa shape index (κ3) is 5.85. The van der Waals surface area contributed by atoms with Gasteiger partial charge in [-0.15, -0.1) is 0 Å². The van der Waals surface area contributed by atoms with Gasteiger partial charge in [0, 0.05) is 12.6 Å². The van der Waals surface area contributed by atoms with Crippen LogP contribution in [-0.4, -0.2) is 17.3 Å². The van der Waals surface area contributed by atoms with Crippen molar-refractivity contribution in [3.8, 4) is 0 Å². The van der Waals surface area contributed by atoms with E-state index in [-0.39, 0.29) is 17.6 Å². The molecular weight excluding hydrogens is 210 g/mol. The fourth-order valence-corrected chi connectivity index (χ4v) is 1.81. The number of aliphatic hydroxyl groups is 1. The molecule has 0 aliphatic rings. The third-order valence-electron chi connectivity index (χ3n) is 2.87. The van der Waals surface area contributed by atoms with Crippen LogP contribution in [-0.2, 0) is 6.54 Å². The Balaban J connectivity index is 2.37. The molecule has 2 N–H and O–H groups in total. The highest BCUT2D eigenvalue weighted by Crippen LogP contribution is 2.22. The van der Waals surface area contributed by atoms with E-state index >= 15 is 0 Å². The lowest BCUT2D eigenvalue weighted by atomic mass is 9.87. The largest absolute Gasteiger partial charge is 0.391 e. The second-order valence-corrected chi connectivity index (χ2v) is 5.99. The van der Waals surface area contributed by atoms with Crippen molar-refractivity contribution in [2.45, 2.75) is 52.8 Å². The summed E-state index contributed by atoms with van der Waals surface area (Å²) in [5.41, 5.74) is 1.42. The summed E-state index contributed by atoms with van der Waals surface area (Å²) in [6.07, 6.45) is 0.523. The number of hydrogen-bond donors (Lipinski definition) is 2. The average molecular weight is 235 g/mol. The molecule has 0 heterocycles. The van der Waals surface area contributed by atoms with Crippen molar-refractivity contribution in [1.82, 2.24) is 5.32 Å². The Hall–Kier alpha value is -0.860. The number of benzene rings is 1. The van der Waals surface area contributed by atoms with E-state index in [9.17, 15) is 5.11 Å².